The van der Waals surface area contributed by atoms with E-state index in [1.807, 2.05) is 6.07 Å². The highest BCUT2D eigenvalue weighted by atomic mass is 79.9. The normalized spacial score (nSPS) is 12.6. The summed E-state index contributed by atoms with van der Waals surface area (Å²) in [6.45, 7) is 12.3. The van der Waals surface area contributed by atoms with Gasteiger partial charge in [0.05, 0.1) is 11.6 Å². The van der Waals surface area contributed by atoms with Crippen LogP contribution in [0, 0.1) is 5.41 Å². The van der Waals surface area contributed by atoms with Crippen LogP contribution in [0.25, 0.3) is 0 Å². The molecule has 0 aliphatic heterocycles. The van der Waals surface area contributed by atoms with Crippen LogP contribution in [0.15, 0.2) is 22.7 Å². The molecule has 1 aromatic carbocycles. The highest BCUT2D eigenvalue weighted by Gasteiger charge is 2.20. The second kappa shape index (κ2) is 6.95. The van der Waals surface area contributed by atoms with Crippen molar-refractivity contribution in [1.82, 2.24) is 5.32 Å². The smallest absolute Gasteiger partial charge is 0.133 e. The first-order valence-corrected chi connectivity index (χ1v) is 8.00. The Labute approximate surface area is 132 Å². The van der Waals surface area contributed by atoms with Gasteiger partial charge >= 0.3 is 0 Å². The van der Waals surface area contributed by atoms with Gasteiger partial charge in [-0.3, -0.25) is 0 Å². The molecule has 0 aromatic heterocycles. The second-order valence-electron chi connectivity index (χ2n) is 7.24. The van der Waals surface area contributed by atoms with Crippen LogP contribution >= 0.6 is 15.9 Å². The highest BCUT2D eigenvalue weighted by Crippen LogP contribution is 2.30. The van der Waals surface area contributed by atoms with E-state index < -0.39 is 0 Å². The molecule has 0 bridgehead atoms. The molecule has 0 saturated carbocycles. The Kier molecular flexibility index (Phi) is 6.08. The Balaban J connectivity index is 2.59. The van der Waals surface area contributed by atoms with Crippen molar-refractivity contribution in [2.45, 2.75) is 53.0 Å². The predicted octanol–water partition coefficient (Wildman–Crippen LogP) is 4.80. The summed E-state index contributed by atoms with van der Waals surface area (Å²) in [4.78, 5) is 0. The van der Waals surface area contributed by atoms with E-state index in [0.717, 1.165) is 29.6 Å². The molecule has 1 aromatic rings. The van der Waals surface area contributed by atoms with Gasteiger partial charge in [0.15, 0.2) is 0 Å². The van der Waals surface area contributed by atoms with Crippen molar-refractivity contribution in [1.29, 1.82) is 0 Å². The molecular formula is C17H28BrNO. The lowest BCUT2D eigenvalue weighted by Gasteiger charge is -2.28. The Morgan fingerprint density at radius 1 is 1.15 bits per heavy atom. The molecule has 2 nitrogen and oxygen atoms in total. The lowest BCUT2D eigenvalue weighted by atomic mass is 9.82. The van der Waals surface area contributed by atoms with Crippen LogP contribution in [-0.2, 0) is 6.42 Å². The first-order chi connectivity index (χ1) is 9.13. The van der Waals surface area contributed by atoms with Gasteiger partial charge in [0.1, 0.15) is 5.75 Å². The molecule has 0 saturated heterocycles. The van der Waals surface area contributed by atoms with E-state index in [4.69, 9.17) is 4.74 Å². The third-order valence-electron chi connectivity index (χ3n) is 3.36. The fourth-order valence-corrected chi connectivity index (χ4v) is 2.82. The van der Waals surface area contributed by atoms with Crippen LogP contribution < -0.4 is 10.1 Å². The Morgan fingerprint density at radius 2 is 1.80 bits per heavy atom. The van der Waals surface area contributed by atoms with Gasteiger partial charge in [-0.05, 0) is 79.2 Å². The third kappa shape index (κ3) is 6.27. The maximum atomic E-state index is 5.28. The Morgan fingerprint density at radius 3 is 2.30 bits per heavy atom. The molecule has 0 atom stereocenters. The molecule has 1 rings (SSSR count). The van der Waals surface area contributed by atoms with Crippen molar-refractivity contribution >= 4 is 15.9 Å². The molecular weight excluding hydrogens is 314 g/mol. The molecule has 0 fully saturated rings. The summed E-state index contributed by atoms with van der Waals surface area (Å²) in [6, 6.07) is 6.35. The van der Waals surface area contributed by atoms with Gasteiger partial charge in [0.25, 0.3) is 0 Å². The summed E-state index contributed by atoms with van der Waals surface area (Å²) in [5, 5.41) is 3.56. The van der Waals surface area contributed by atoms with E-state index in [-0.39, 0.29) is 11.0 Å². The summed E-state index contributed by atoms with van der Waals surface area (Å²) in [5.74, 6) is 0.890. The van der Waals surface area contributed by atoms with Crippen molar-refractivity contribution in [3.8, 4) is 5.75 Å². The summed E-state index contributed by atoms with van der Waals surface area (Å²) >= 11 is 3.56. The zero-order valence-corrected chi connectivity index (χ0v) is 15.2. The van der Waals surface area contributed by atoms with Crippen LogP contribution in [-0.4, -0.2) is 19.2 Å². The summed E-state index contributed by atoms with van der Waals surface area (Å²) in [5.41, 5.74) is 1.82. The second-order valence-corrected chi connectivity index (χ2v) is 8.09. The van der Waals surface area contributed by atoms with E-state index in [1.165, 1.54) is 5.56 Å². The van der Waals surface area contributed by atoms with Crippen molar-refractivity contribution in [3.05, 3.63) is 28.2 Å². The van der Waals surface area contributed by atoms with E-state index in [0.29, 0.717) is 0 Å². The maximum absolute atomic E-state index is 5.28. The van der Waals surface area contributed by atoms with Gasteiger partial charge in [-0.1, -0.05) is 19.9 Å². The molecule has 114 valence electrons. The first kappa shape index (κ1) is 17.5. The van der Waals surface area contributed by atoms with E-state index in [9.17, 15) is 0 Å². The van der Waals surface area contributed by atoms with Crippen LogP contribution in [0.5, 0.6) is 5.75 Å². The minimum Gasteiger partial charge on any atom is -0.496 e. The van der Waals surface area contributed by atoms with Gasteiger partial charge in [0.2, 0.25) is 0 Å². The van der Waals surface area contributed by atoms with E-state index in [1.54, 1.807) is 7.11 Å². The Hall–Kier alpha value is -0.540. The number of hydrogen-bond acceptors (Lipinski definition) is 2. The summed E-state index contributed by atoms with van der Waals surface area (Å²) < 4.78 is 6.30. The number of hydrogen-bond donors (Lipinski definition) is 1. The van der Waals surface area contributed by atoms with Crippen LogP contribution in [0.2, 0.25) is 0 Å². The SMILES string of the molecule is COc1ccc(CC(C)(C)CCNC(C)(C)C)cc1Br. The van der Waals surface area contributed by atoms with Crippen LogP contribution in [0.4, 0.5) is 0 Å². The lowest BCUT2D eigenvalue weighted by Crippen LogP contribution is -2.38. The largest absolute Gasteiger partial charge is 0.496 e. The Bertz CT molecular complexity index is 435. The summed E-state index contributed by atoms with van der Waals surface area (Å²) in [6.07, 6.45) is 2.23. The number of nitrogens with one attached hydrogen (secondary N) is 1. The molecule has 0 amide bonds. The minimum atomic E-state index is 0.194. The summed E-state index contributed by atoms with van der Waals surface area (Å²) in [7, 11) is 1.70. The average Bonchev–Trinajstić information content (AvgIpc) is 2.26. The zero-order valence-electron chi connectivity index (χ0n) is 13.6. The number of benzene rings is 1. The molecule has 0 aliphatic carbocycles. The average molecular weight is 342 g/mol. The van der Waals surface area contributed by atoms with Crippen LogP contribution in [0.3, 0.4) is 0 Å². The molecule has 1 N–H and O–H groups in total. The van der Waals surface area contributed by atoms with Crippen LogP contribution in [0.1, 0.15) is 46.6 Å². The molecule has 0 unspecified atom stereocenters. The van der Waals surface area contributed by atoms with Crippen molar-refractivity contribution in [2.24, 2.45) is 5.41 Å². The van der Waals surface area contributed by atoms with Gasteiger partial charge in [0, 0.05) is 5.54 Å². The maximum Gasteiger partial charge on any atom is 0.133 e. The monoisotopic (exact) mass is 341 g/mol. The quantitative estimate of drug-likeness (QED) is 0.801. The highest BCUT2D eigenvalue weighted by molar-refractivity contribution is 9.10. The number of ether oxygens (including phenoxy) is 1. The van der Waals surface area contributed by atoms with E-state index >= 15 is 0 Å². The fourth-order valence-electron chi connectivity index (χ4n) is 2.24. The van der Waals surface area contributed by atoms with Crippen molar-refractivity contribution < 1.29 is 4.74 Å². The molecule has 0 spiro atoms. The fraction of sp³-hybridized carbons (Fsp3) is 0.647. The molecule has 0 aliphatic rings. The van der Waals surface area contributed by atoms with Gasteiger partial charge in [-0.2, -0.15) is 0 Å². The number of rotatable bonds is 6. The minimum absolute atomic E-state index is 0.194. The van der Waals surface area contributed by atoms with Crippen molar-refractivity contribution in [3.63, 3.8) is 0 Å². The molecule has 0 radical (unpaired) electrons. The van der Waals surface area contributed by atoms with E-state index in [2.05, 4.69) is 68.0 Å². The van der Waals surface area contributed by atoms with Gasteiger partial charge < -0.3 is 10.1 Å². The topological polar surface area (TPSA) is 21.3 Å². The van der Waals surface area contributed by atoms with Gasteiger partial charge in [-0.15, -0.1) is 0 Å². The number of methoxy groups -OCH3 is 1. The lowest BCUT2D eigenvalue weighted by molar-refractivity contribution is 0.302. The molecule has 3 heteroatoms. The number of halogens is 1. The zero-order chi connectivity index (χ0) is 15.4. The third-order valence-corrected chi connectivity index (χ3v) is 3.98. The van der Waals surface area contributed by atoms with Gasteiger partial charge in [-0.25, -0.2) is 0 Å². The van der Waals surface area contributed by atoms with Crippen molar-refractivity contribution in [2.75, 3.05) is 13.7 Å². The first-order valence-electron chi connectivity index (χ1n) is 7.20. The predicted molar refractivity (Wildman–Crippen MR) is 90.6 cm³/mol. The standard InChI is InChI=1S/C17H28BrNO/c1-16(2,3)19-10-9-17(4,5)12-13-7-8-15(20-6)14(18)11-13/h7-8,11,19H,9-10,12H2,1-6H3. The molecule has 20 heavy (non-hydrogen) atoms. The molecule has 0 heterocycles.